The minimum Gasteiger partial charge on any atom is -0.255 e. The molecule has 3 aromatic rings. The third-order valence-corrected chi connectivity index (χ3v) is 3.81. The van der Waals surface area contributed by atoms with Gasteiger partial charge in [0.1, 0.15) is 11.5 Å². The van der Waals surface area contributed by atoms with E-state index in [2.05, 4.69) is 21.8 Å². The Labute approximate surface area is 137 Å². The van der Waals surface area contributed by atoms with Crippen molar-refractivity contribution in [1.82, 2.24) is 9.97 Å². The molecule has 110 valence electrons. The average molecular weight is 321 g/mol. The van der Waals surface area contributed by atoms with Crippen LogP contribution < -0.4 is 0 Å². The summed E-state index contributed by atoms with van der Waals surface area (Å²) in [6.07, 6.45) is 1.62. The molecule has 23 heavy (non-hydrogen) atoms. The van der Waals surface area contributed by atoms with Crippen LogP contribution in [0.15, 0.2) is 41.9 Å². The van der Waals surface area contributed by atoms with E-state index in [0.717, 1.165) is 16.3 Å². The van der Waals surface area contributed by atoms with Crippen LogP contribution in [0.4, 0.5) is 4.39 Å². The van der Waals surface area contributed by atoms with Gasteiger partial charge in [-0.3, -0.25) is 4.98 Å². The van der Waals surface area contributed by atoms with Crippen molar-refractivity contribution in [2.45, 2.75) is 6.92 Å². The molecule has 0 atom stereocenters. The molecule has 0 aliphatic heterocycles. The number of aromatic nitrogens is 2. The molecule has 0 N–H and O–H groups in total. The van der Waals surface area contributed by atoms with Gasteiger partial charge in [-0.15, -0.1) is 11.3 Å². The van der Waals surface area contributed by atoms with Crippen LogP contribution in [0.1, 0.15) is 21.8 Å². The van der Waals surface area contributed by atoms with Crippen LogP contribution in [0.2, 0.25) is 0 Å². The van der Waals surface area contributed by atoms with E-state index in [-0.39, 0.29) is 5.56 Å². The molecule has 0 aliphatic rings. The molecule has 0 saturated carbocycles. The van der Waals surface area contributed by atoms with Gasteiger partial charge in [-0.25, -0.2) is 9.37 Å². The number of nitriles is 1. The molecule has 2 heterocycles. The van der Waals surface area contributed by atoms with Crippen LogP contribution in [0.3, 0.4) is 0 Å². The maximum atomic E-state index is 13.5. The van der Waals surface area contributed by atoms with Gasteiger partial charge in [-0.1, -0.05) is 5.92 Å². The van der Waals surface area contributed by atoms with Crippen molar-refractivity contribution in [3.63, 3.8) is 0 Å². The number of rotatable bonds is 1. The highest BCUT2D eigenvalue weighted by molar-refractivity contribution is 7.09. The van der Waals surface area contributed by atoms with Crippen molar-refractivity contribution in [3.05, 3.63) is 69.6 Å². The normalized spacial score (nSPS) is 9.78. The van der Waals surface area contributed by atoms with E-state index in [1.54, 1.807) is 29.7 Å². The van der Waals surface area contributed by atoms with Gasteiger partial charge < -0.3 is 0 Å². The Morgan fingerprint density at radius 1 is 1.22 bits per heavy atom. The van der Waals surface area contributed by atoms with Gasteiger partial charge in [0.25, 0.3) is 0 Å². The maximum Gasteiger partial charge on any atom is 0.125 e. The summed E-state index contributed by atoms with van der Waals surface area (Å²) in [5.74, 6) is 5.51. The fourth-order valence-corrected chi connectivity index (χ4v) is 2.54. The van der Waals surface area contributed by atoms with Crippen molar-refractivity contribution >= 4 is 11.3 Å². The van der Waals surface area contributed by atoms with Crippen molar-refractivity contribution in [2.75, 3.05) is 0 Å². The lowest BCUT2D eigenvalue weighted by atomic mass is 10.1. The lowest BCUT2D eigenvalue weighted by molar-refractivity contribution is 0.628. The highest BCUT2D eigenvalue weighted by Gasteiger charge is 2.04. The Morgan fingerprint density at radius 3 is 2.74 bits per heavy atom. The zero-order valence-corrected chi connectivity index (χ0v) is 13.0. The quantitative estimate of drug-likeness (QED) is 0.638. The summed E-state index contributed by atoms with van der Waals surface area (Å²) in [6.45, 7) is 1.93. The number of pyridine rings is 1. The molecular formula is C18H10FN3S. The number of halogens is 1. The molecule has 0 radical (unpaired) electrons. The molecule has 1 aromatic carbocycles. The van der Waals surface area contributed by atoms with Gasteiger partial charge >= 0.3 is 0 Å². The van der Waals surface area contributed by atoms with Crippen LogP contribution in [0.5, 0.6) is 0 Å². The summed E-state index contributed by atoms with van der Waals surface area (Å²) in [5, 5.41) is 11.8. The molecule has 5 heteroatoms. The van der Waals surface area contributed by atoms with Crippen molar-refractivity contribution in [1.29, 1.82) is 5.26 Å². The van der Waals surface area contributed by atoms with Gasteiger partial charge in [-0.2, -0.15) is 5.26 Å². The van der Waals surface area contributed by atoms with Gasteiger partial charge in [-0.05, 0) is 43.2 Å². The van der Waals surface area contributed by atoms with Crippen molar-refractivity contribution in [2.24, 2.45) is 0 Å². The first kappa shape index (κ1) is 14.9. The first-order valence-electron chi connectivity index (χ1n) is 6.75. The Kier molecular flexibility index (Phi) is 4.14. The van der Waals surface area contributed by atoms with E-state index in [1.807, 2.05) is 24.4 Å². The topological polar surface area (TPSA) is 49.6 Å². The fourth-order valence-electron chi connectivity index (χ4n) is 2.00. The summed E-state index contributed by atoms with van der Waals surface area (Å²) in [6, 6.07) is 9.65. The summed E-state index contributed by atoms with van der Waals surface area (Å²) in [7, 11) is 0. The third-order valence-electron chi connectivity index (χ3n) is 3.04. The first-order valence-corrected chi connectivity index (χ1v) is 7.63. The minimum atomic E-state index is -0.455. The number of aryl methyl sites for hydroxylation is 1. The molecule has 3 nitrogen and oxygen atoms in total. The number of hydrogen-bond acceptors (Lipinski definition) is 4. The highest BCUT2D eigenvalue weighted by atomic mass is 32.1. The molecule has 0 aliphatic carbocycles. The fraction of sp³-hybridized carbons (Fsp3) is 0.0556. The van der Waals surface area contributed by atoms with Crippen molar-refractivity contribution in [3.8, 4) is 29.2 Å². The molecule has 2 aromatic heterocycles. The highest BCUT2D eigenvalue weighted by Crippen LogP contribution is 2.20. The van der Waals surface area contributed by atoms with Crippen molar-refractivity contribution < 1.29 is 4.39 Å². The Balaban J connectivity index is 1.87. The van der Waals surface area contributed by atoms with E-state index in [9.17, 15) is 4.39 Å². The second kappa shape index (κ2) is 6.39. The van der Waals surface area contributed by atoms with E-state index >= 15 is 0 Å². The molecule has 0 fully saturated rings. The van der Waals surface area contributed by atoms with Crippen LogP contribution in [0.25, 0.3) is 11.3 Å². The lowest BCUT2D eigenvalue weighted by Gasteiger charge is -2.02. The number of hydrogen-bond donors (Lipinski definition) is 0. The minimum absolute atomic E-state index is 0.268. The molecule has 0 bridgehead atoms. The summed E-state index contributed by atoms with van der Waals surface area (Å²) >= 11 is 1.55. The molecule has 0 unspecified atom stereocenters. The zero-order chi connectivity index (χ0) is 16.2. The van der Waals surface area contributed by atoms with Gasteiger partial charge in [0, 0.05) is 22.7 Å². The van der Waals surface area contributed by atoms with Crippen LogP contribution >= 0.6 is 11.3 Å². The molecular weight excluding hydrogens is 311 g/mol. The Bertz CT molecular complexity index is 956. The second-order valence-electron chi connectivity index (χ2n) is 4.77. The second-order valence-corrected chi connectivity index (χ2v) is 5.84. The average Bonchev–Trinajstić information content (AvgIpc) is 2.98. The van der Waals surface area contributed by atoms with Crippen LogP contribution in [0, 0.1) is 35.9 Å². The molecule has 0 spiro atoms. The van der Waals surface area contributed by atoms with E-state index in [1.165, 1.54) is 12.1 Å². The molecule has 3 rings (SSSR count). The Hall–Kier alpha value is -3.02. The number of thiazole rings is 1. The van der Waals surface area contributed by atoms with Gasteiger partial charge in [0.05, 0.1) is 22.3 Å². The Morgan fingerprint density at radius 2 is 2.09 bits per heavy atom. The maximum absolute atomic E-state index is 13.5. The molecule has 0 amide bonds. The largest absolute Gasteiger partial charge is 0.255 e. The van der Waals surface area contributed by atoms with Crippen LogP contribution in [-0.4, -0.2) is 9.97 Å². The van der Waals surface area contributed by atoms with E-state index in [0.29, 0.717) is 11.3 Å². The SMILES string of the molecule is Cc1n[14c](C#Cc2ccc(-c3cc(F)cc(C#N)c3)nc2)cs1. The third kappa shape index (κ3) is 3.60. The lowest BCUT2D eigenvalue weighted by Crippen LogP contribution is -1.88. The van der Waals surface area contributed by atoms with Gasteiger partial charge in [0.15, 0.2) is 0 Å². The number of nitrogens with zero attached hydrogens (tertiary/aromatic N) is 3. The predicted octanol–water partition coefficient (Wildman–Crippen LogP) is 3.92. The van der Waals surface area contributed by atoms with Crippen LogP contribution in [-0.2, 0) is 0 Å². The van der Waals surface area contributed by atoms with E-state index < -0.39 is 5.82 Å². The summed E-state index contributed by atoms with van der Waals surface area (Å²) in [5.41, 5.74) is 2.91. The zero-order valence-electron chi connectivity index (χ0n) is 12.2. The molecule has 0 saturated heterocycles. The smallest absolute Gasteiger partial charge is 0.125 e. The predicted molar refractivity (Wildman–Crippen MR) is 87.2 cm³/mol. The van der Waals surface area contributed by atoms with Gasteiger partial charge in [0.2, 0.25) is 0 Å². The summed E-state index contributed by atoms with van der Waals surface area (Å²) in [4.78, 5) is 8.56. The first-order chi connectivity index (χ1) is 11.1. The number of benzene rings is 1. The monoisotopic (exact) mass is 321 g/mol. The standard InChI is InChI=1S/C18H10FN3S/c1-12-22-17(11-23-12)4-2-13-3-5-18(21-10-13)15-6-14(9-20)7-16(19)8-15/h3,5-8,10-11H,1H3/i17+2. The van der Waals surface area contributed by atoms with E-state index in [4.69, 9.17) is 5.26 Å². The summed E-state index contributed by atoms with van der Waals surface area (Å²) < 4.78 is 13.5.